The highest BCUT2D eigenvalue weighted by Crippen LogP contribution is 2.27. The van der Waals surface area contributed by atoms with Crippen LogP contribution in [0.25, 0.3) is 17.0 Å². The van der Waals surface area contributed by atoms with Crippen molar-refractivity contribution < 1.29 is 19.8 Å². The second-order valence-corrected chi connectivity index (χ2v) is 5.94. The van der Waals surface area contributed by atoms with Gasteiger partial charge in [-0.05, 0) is 42.5 Å². The van der Waals surface area contributed by atoms with E-state index in [1.165, 1.54) is 0 Å². The first-order chi connectivity index (χ1) is 13.3. The van der Waals surface area contributed by atoms with Crippen LogP contribution in [0.1, 0.15) is 5.69 Å². The lowest BCUT2D eigenvalue weighted by atomic mass is 10.2. The van der Waals surface area contributed by atoms with Gasteiger partial charge in [0.2, 0.25) is 0 Å². The lowest BCUT2D eigenvalue weighted by Gasteiger charge is -2.24. The van der Waals surface area contributed by atoms with E-state index >= 15 is 0 Å². The maximum atomic E-state index is 9.55. The zero-order chi connectivity index (χ0) is 20.7. The monoisotopic (exact) mass is 399 g/mol. The summed E-state index contributed by atoms with van der Waals surface area (Å²) in [5, 5.41) is 19.4. The first-order valence-electron chi connectivity index (χ1n) is 8.05. The molecule has 3 rings (SSSR count). The van der Waals surface area contributed by atoms with E-state index in [1.54, 1.807) is 6.20 Å². The third-order valence-corrected chi connectivity index (χ3v) is 3.93. The van der Waals surface area contributed by atoms with Crippen molar-refractivity contribution in [1.29, 1.82) is 0 Å². The molecule has 0 unspecified atom stereocenters. The van der Waals surface area contributed by atoms with Crippen LogP contribution in [0, 0.1) is 0 Å². The zero-order valence-corrected chi connectivity index (χ0v) is 15.7. The van der Waals surface area contributed by atoms with Gasteiger partial charge in [-0.15, -0.1) is 0 Å². The molecule has 0 saturated heterocycles. The molecule has 0 aliphatic rings. The Bertz CT molecular complexity index is 1030. The molecule has 0 fully saturated rings. The third kappa shape index (κ3) is 5.21. The highest BCUT2D eigenvalue weighted by Gasteiger charge is 2.10. The molecular formula is C20H18ClN3O4. The number of anilines is 1. The number of nitrogens with zero attached hydrogens (tertiary/aromatic N) is 3. The van der Waals surface area contributed by atoms with E-state index in [-0.39, 0.29) is 0 Å². The van der Waals surface area contributed by atoms with E-state index in [0.717, 1.165) is 22.3 Å². The number of carboxylic acids is 2. The van der Waals surface area contributed by atoms with Crippen LogP contribution in [0.3, 0.4) is 0 Å². The quantitative estimate of drug-likeness (QED) is 0.631. The summed E-state index contributed by atoms with van der Waals surface area (Å²) in [6.07, 6.45) is 6.74. The van der Waals surface area contributed by atoms with Crippen LogP contribution in [0.2, 0.25) is 5.02 Å². The number of carbonyl (C=O) groups is 2. The average molecular weight is 400 g/mol. The Morgan fingerprint density at radius 2 is 1.86 bits per heavy atom. The summed E-state index contributed by atoms with van der Waals surface area (Å²) < 4.78 is 2.04. The summed E-state index contributed by atoms with van der Waals surface area (Å²) in [4.78, 5) is 23.5. The average Bonchev–Trinajstić information content (AvgIpc) is 3.14. The predicted octanol–water partition coefficient (Wildman–Crippen LogP) is 3.94. The molecule has 144 valence electrons. The van der Waals surface area contributed by atoms with Gasteiger partial charge >= 0.3 is 11.9 Å². The van der Waals surface area contributed by atoms with Crippen LogP contribution in [0.5, 0.6) is 0 Å². The minimum absolute atomic E-state index is 0.558. The molecule has 2 heterocycles. The van der Waals surface area contributed by atoms with Crippen LogP contribution in [0.4, 0.5) is 5.69 Å². The summed E-state index contributed by atoms with van der Waals surface area (Å²) >= 11 is 6.03. The molecule has 0 saturated carbocycles. The molecule has 0 aliphatic heterocycles. The van der Waals surface area contributed by atoms with E-state index < -0.39 is 11.9 Å². The Morgan fingerprint density at radius 1 is 1.18 bits per heavy atom. The normalized spacial score (nSPS) is 10.4. The molecule has 0 aliphatic carbocycles. The Balaban J connectivity index is 0.000000300. The molecule has 7 nitrogen and oxygen atoms in total. The highest BCUT2D eigenvalue weighted by atomic mass is 35.5. The number of benzene rings is 1. The second kappa shape index (κ2) is 9.38. The minimum Gasteiger partial charge on any atom is -0.478 e. The number of rotatable bonds is 5. The highest BCUT2D eigenvalue weighted by molar-refractivity contribution is 6.31. The molecule has 1 aromatic carbocycles. The number of aliphatic carboxylic acids is 2. The van der Waals surface area contributed by atoms with Crippen molar-refractivity contribution in [2.75, 3.05) is 12.1 Å². The molecule has 0 spiro atoms. The van der Waals surface area contributed by atoms with Crippen LogP contribution >= 0.6 is 11.6 Å². The van der Waals surface area contributed by atoms with E-state index in [9.17, 15) is 9.59 Å². The molecule has 8 heteroatoms. The molecular weight excluding hydrogens is 382 g/mol. The Morgan fingerprint density at radius 3 is 2.46 bits per heavy atom. The molecule has 2 aromatic heterocycles. The van der Waals surface area contributed by atoms with Crippen molar-refractivity contribution >= 4 is 46.2 Å². The number of carboxylic acid groups (broad SMARTS) is 2. The summed E-state index contributed by atoms with van der Waals surface area (Å²) in [6, 6.07) is 11.7. The predicted molar refractivity (Wildman–Crippen MR) is 109 cm³/mol. The number of fused-ring (bicyclic) bond motifs is 1. The second-order valence-electron chi connectivity index (χ2n) is 5.51. The summed E-state index contributed by atoms with van der Waals surface area (Å²) in [7, 11) is 2.01. The fraction of sp³-hybridized carbons (Fsp3) is 0.0500. The van der Waals surface area contributed by atoms with Crippen molar-refractivity contribution in [3.05, 3.63) is 78.2 Å². The first kappa shape index (κ1) is 20.7. The summed E-state index contributed by atoms with van der Waals surface area (Å²) in [5.41, 5.74) is 2.98. The third-order valence-electron chi connectivity index (χ3n) is 3.69. The van der Waals surface area contributed by atoms with Crippen molar-refractivity contribution in [3.63, 3.8) is 0 Å². The van der Waals surface area contributed by atoms with Crippen molar-refractivity contribution in [2.24, 2.45) is 0 Å². The van der Waals surface area contributed by atoms with Gasteiger partial charge in [0.1, 0.15) is 0 Å². The maximum Gasteiger partial charge on any atom is 0.328 e. The molecule has 0 atom stereocenters. The minimum atomic E-state index is -1.26. The Hall–Kier alpha value is -3.58. The maximum absolute atomic E-state index is 9.55. The van der Waals surface area contributed by atoms with Crippen LogP contribution in [-0.2, 0) is 9.59 Å². The molecule has 2 N–H and O–H groups in total. The molecule has 3 aromatic rings. The number of aromatic nitrogens is 2. The topological polar surface area (TPSA) is 95.7 Å². The molecule has 0 radical (unpaired) electrons. The van der Waals surface area contributed by atoms with Crippen LogP contribution in [-0.4, -0.2) is 38.9 Å². The van der Waals surface area contributed by atoms with Gasteiger partial charge in [-0.1, -0.05) is 18.2 Å². The first-order valence-corrected chi connectivity index (χ1v) is 8.43. The van der Waals surface area contributed by atoms with Gasteiger partial charge in [0.25, 0.3) is 0 Å². The number of halogens is 1. The van der Waals surface area contributed by atoms with Gasteiger partial charge < -0.3 is 10.2 Å². The van der Waals surface area contributed by atoms with E-state index in [0.29, 0.717) is 17.2 Å². The van der Waals surface area contributed by atoms with Gasteiger partial charge in [0.05, 0.1) is 16.9 Å². The lowest BCUT2D eigenvalue weighted by molar-refractivity contribution is -0.134. The SMILES string of the molecule is C=Cc1cccn1N(C)c1ccnc2cc(Cl)ccc12.O=C(O)C=CC(=O)O. The van der Waals surface area contributed by atoms with Crippen LogP contribution < -0.4 is 5.01 Å². The van der Waals surface area contributed by atoms with Gasteiger partial charge in [0.15, 0.2) is 0 Å². The smallest absolute Gasteiger partial charge is 0.328 e. The van der Waals surface area contributed by atoms with E-state index in [4.69, 9.17) is 21.8 Å². The van der Waals surface area contributed by atoms with Gasteiger partial charge in [0, 0.05) is 42.0 Å². The summed E-state index contributed by atoms with van der Waals surface area (Å²) in [5.74, 6) is -2.51. The van der Waals surface area contributed by atoms with Gasteiger partial charge in [-0.3, -0.25) is 14.7 Å². The Kier molecular flexibility index (Phi) is 6.95. The molecule has 28 heavy (non-hydrogen) atoms. The van der Waals surface area contributed by atoms with Crippen molar-refractivity contribution in [2.45, 2.75) is 0 Å². The van der Waals surface area contributed by atoms with E-state index in [1.807, 2.05) is 60.4 Å². The zero-order valence-electron chi connectivity index (χ0n) is 15.0. The number of hydrogen-bond donors (Lipinski definition) is 2. The lowest BCUT2D eigenvalue weighted by Crippen LogP contribution is -2.24. The molecule has 0 amide bonds. The molecule has 0 bridgehead atoms. The summed E-state index contributed by atoms with van der Waals surface area (Å²) in [6.45, 7) is 3.84. The van der Waals surface area contributed by atoms with Crippen molar-refractivity contribution in [3.8, 4) is 0 Å². The van der Waals surface area contributed by atoms with Crippen LogP contribution in [0.15, 0.2) is 67.5 Å². The standard InChI is InChI=1S/C16H14ClN3.C4H4O4/c1-3-13-5-4-10-20(13)19(2)16-8-9-18-15-11-12(17)6-7-14(15)16;5-3(6)1-2-4(7)8/h3-11H,1H2,2H3;1-2H,(H,5,6)(H,7,8). The van der Waals surface area contributed by atoms with Crippen molar-refractivity contribution in [1.82, 2.24) is 9.66 Å². The fourth-order valence-electron chi connectivity index (χ4n) is 2.47. The fourth-order valence-corrected chi connectivity index (χ4v) is 2.63. The number of pyridine rings is 1. The van der Waals surface area contributed by atoms with Gasteiger partial charge in [-0.25, -0.2) is 9.59 Å². The largest absolute Gasteiger partial charge is 0.478 e. The Labute approximate surface area is 166 Å². The van der Waals surface area contributed by atoms with E-state index in [2.05, 4.69) is 16.6 Å². The number of hydrogen-bond acceptors (Lipinski definition) is 4. The van der Waals surface area contributed by atoms with Gasteiger partial charge in [-0.2, -0.15) is 0 Å².